The molecule has 0 unspecified atom stereocenters. The van der Waals surface area contributed by atoms with Gasteiger partial charge in [-0.1, -0.05) is 0 Å². The van der Waals surface area contributed by atoms with Crippen molar-refractivity contribution in [1.82, 2.24) is 9.97 Å². The van der Waals surface area contributed by atoms with E-state index in [9.17, 15) is 0 Å². The van der Waals surface area contributed by atoms with Crippen LogP contribution in [-0.4, -0.2) is 24.2 Å². The first-order chi connectivity index (χ1) is 9.06. The lowest BCUT2D eigenvalue weighted by atomic mass is 10.1. The summed E-state index contributed by atoms with van der Waals surface area (Å²) >= 11 is 2.13. The van der Waals surface area contributed by atoms with Gasteiger partial charge in [-0.15, -0.1) is 0 Å². The van der Waals surface area contributed by atoms with E-state index in [4.69, 9.17) is 15.2 Å². The second-order valence-electron chi connectivity index (χ2n) is 3.90. The number of methoxy groups -OCH3 is 2. The van der Waals surface area contributed by atoms with Crippen LogP contribution in [0.2, 0.25) is 0 Å². The Morgan fingerprint density at radius 2 is 1.89 bits per heavy atom. The Kier molecular flexibility index (Phi) is 4.08. The van der Waals surface area contributed by atoms with E-state index >= 15 is 0 Å². The van der Waals surface area contributed by atoms with Crippen LogP contribution in [0.3, 0.4) is 0 Å². The van der Waals surface area contributed by atoms with Gasteiger partial charge in [-0.3, -0.25) is 0 Å². The van der Waals surface area contributed by atoms with Gasteiger partial charge < -0.3 is 15.2 Å². The Labute approximate surface area is 125 Å². The van der Waals surface area contributed by atoms with Crippen molar-refractivity contribution < 1.29 is 9.47 Å². The minimum atomic E-state index is 0.473. The number of hydrogen-bond donors (Lipinski definition) is 1. The van der Waals surface area contributed by atoms with Crippen LogP contribution in [0.1, 0.15) is 5.69 Å². The molecule has 1 heterocycles. The van der Waals surface area contributed by atoms with Gasteiger partial charge in [0.1, 0.15) is 17.3 Å². The normalized spacial score (nSPS) is 10.3. The molecule has 0 spiro atoms. The molecule has 0 aliphatic heterocycles. The smallest absolute Gasteiger partial charge is 0.165 e. The topological polar surface area (TPSA) is 70.3 Å². The molecule has 0 aliphatic carbocycles. The Morgan fingerprint density at radius 3 is 2.47 bits per heavy atom. The zero-order chi connectivity index (χ0) is 14.0. The quantitative estimate of drug-likeness (QED) is 0.841. The van der Waals surface area contributed by atoms with Crippen molar-refractivity contribution in [2.45, 2.75) is 6.92 Å². The van der Waals surface area contributed by atoms with Gasteiger partial charge in [0, 0.05) is 6.07 Å². The number of hydrogen-bond acceptors (Lipinski definition) is 5. The maximum Gasteiger partial charge on any atom is 0.165 e. The first kappa shape index (κ1) is 13.9. The van der Waals surface area contributed by atoms with Crippen LogP contribution < -0.4 is 15.2 Å². The summed E-state index contributed by atoms with van der Waals surface area (Å²) in [6, 6.07) is 5.49. The van der Waals surface area contributed by atoms with E-state index < -0.39 is 0 Å². The summed E-state index contributed by atoms with van der Waals surface area (Å²) in [5.74, 6) is 2.39. The number of nitrogens with two attached hydrogens (primary N) is 1. The third-order valence-electron chi connectivity index (χ3n) is 2.69. The number of rotatable bonds is 3. The first-order valence-electron chi connectivity index (χ1n) is 5.58. The standard InChI is InChI=1S/C13H14IN3O2/c1-7-11(14)12(15)17-13(16-7)9-5-4-8(18-2)6-10(9)19-3/h4-6H,1-3H3,(H2,15,16,17). The molecule has 1 aromatic carbocycles. The van der Waals surface area contributed by atoms with Crippen molar-refractivity contribution in [2.24, 2.45) is 0 Å². The summed E-state index contributed by atoms with van der Waals surface area (Å²) in [6.45, 7) is 1.90. The van der Waals surface area contributed by atoms with Crippen molar-refractivity contribution in [3.8, 4) is 22.9 Å². The second kappa shape index (κ2) is 5.60. The molecule has 2 rings (SSSR count). The molecule has 0 aliphatic rings. The predicted molar refractivity (Wildman–Crippen MR) is 82.4 cm³/mol. The number of ether oxygens (including phenoxy) is 2. The van der Waals surface area contributed by atoms with E-state index in [2.05, 4.69) is 32.6 Å². The molecule has 2 N–H and O–H groups in total. The van der Waals surface area contributed by atoms with E-state index in [1.165, 1.54) is 0 Å². The third kappa shape index (κ3) is 2.73. The zero-order valence-corrected chi connectivity index (χ0v) is 13.1. The summed E-state index contributed by atoms with van der Waals surface area (Å²) in [5, 5.41) is 0. The van der Waals surface area contributed by atoms with Crippen molar-refractivity contribution >= 4 is 28.4 Å². The van der Waals surface area contributed by atoms with Crippen LogP contribution in [0.4, 0.5) is 5.82 Å². The van der Waals surface area contributed by atoms with E-state index in [-0.39, 0.29) is 0 Å². The number of benzene rings is 1. The van der Waals surface area contributed by atoms with Crippen LogP contribution in [-0.2, 0) is 0 Å². The summed E-state index contributed by atoms with van der Waals surface area (Å²) in [5.41, 5.74) is 7.52. The lowest BCUT2D eigenvalue weighted by Gasteiger charge is -2.11. The highest BCUT2D eigenvalue weighted by atomic mass is 127. The highest BCUT2D eigenvalue weighted by molar-refractivity contribution is 14.1. The molecule has 0 amide bonds. The fraction of sp³-hybridized carbons (Fsp3) is 0.231. The molecule has 1 aromatic heterocycles. The number of nitrogen functional groups attached to an aromatic ring is 1. The van der Waals surface area contributed by atoms with Crippen molar-refractivity contribution in [2.75, 3.05) is 20.0 Å². The maximum atomic E-state index is 5.88. The highest BCUT2D eigenvalue weighted by Gasteiger charge is 2.13. The molecule has 19 heavy (non-hydrogen) atoms. The Bertz CT molecular complexity index is 594. The lowest BCUT2D eigenvalue weighted by Crippen LogP contribution is -2.03. The summed E-state index contributed by atoms with van der Waals surface area (Å²) in [6.07, 6.45) is 0. The van der Waals surface area contributed by atoms with E-state index in [1.807, 2.05) is 19.1 Å². The minimum absolute atomic E-state index is 0.473. The first-order valence-corrected chi connectivity index (χ1v) is 6.66. The maximum absolute atomic E-state index is 5.88. The van der Waals surface area contributed by atoms with Crippen molar-refractivity contribution in [1.29, 1.82) is 0 Å². The molecule has 0 saturated heterocycles. The molecule has 0 atom stereocenters. The zero-order valence-electron chi connectivity index (χ0n) is 10.9. The Morgan fingerprint density at radius 1 is 1.16 bits per heavy atom. The van der Waals surface area contributed by atoms with Gasteiger partial charge in [-0.2, -0.15) is 0 Å². The molecule has 5 nitrogen and oxygen atoms in total. The average Bonchev–Trinajstić information content (AvgIpc) is 2.43. The molecule has 2 aromatic rings. The van der Waals surface area contributed by atoms with E-state index in [0.717, 1.165) is 20.6 Å². The van der Waals surface area contributed by atoms with Crippen molar-refractivity contribution in [3.05, 3.63) is 27.5 Å². The molecule has 6 heteroatoms. The summed E-state index contributed by atoms with van der Waals surface area (Å²) in [4.78, 5) is 8.75. The van der Waals surface area contributed by atoms with Gasteiger partial charge >= 0.3 is 0 Å². The fourth-order valence-electron chi connectivity index (χ4n) is 1.69. The van der Waals surface area contributed by atoms with Crippen LogP contribution in [0, 0.1) is 10.5 Å². The van der Waals surface area contributed by atoms with Crippen LogP contribution in [0.25, 0.3) is 11.4 Å². The van der Waals surface area contributed by atoms with Gasteiger partial charge in [0.2, 0.25) is 0 Å². The van der Waals surface area contributed by atoms with Crippen LogP contribution >= 0.6 is 22.6 Å². The molecule has 0 bridgehead atoms. The summed E-state index contributed by atoms with van der Waals surface area (Å²) in [7, 11) is 3.21. The number of aromatic nitrogens is 2. The van der Waals surface area contributed by atoms with Gasteiger partial charge in [0.05, 0.1) is 29.0 Å². The number of anilines is 1. The van der Waals surface area contributed by atoms with Crippen LogP contribution in [0.5, 0.6) is 11.5 Å². The highest BCUT2D eigenvalue weighted by Crippen LogP contribution is 2.32. The monoisotopic (exact) mass is 371 g/mol. The van der Waals surface area contributed by atoms with Gasteiger partial charge in [-0.25, -0.2) is 9.97 Å². The molecular weight excluding hydrogens is 357 g/mol. The SMILES string of the molecule is COc1ccc(-c2nc(C)c(I)c(N)n2)c(OC)c1. The Hall–Kier alpha value is -1.57. The van der Waals surface area contributed by atoms with E-state index in [0.29, 0.717) is 17.4 Å². The predicted octanol–water partition coefficient (Wildman–Crippen LogP) is 2.66. The van der Waals surface area contributed by atoms with Gasteiger partial charge in [-0.05, 0) is 41.6 Å². The fourth-order valence-corrected chi connectivity index (χ4v) is 1.93. The van der Waals surface area contributed by atoms with Crippen molar-refractivity contribution in [3.63, 3.8) is 0 Å². The molecule has 0 saturated carbocycles. The van der Waals surface area contributed by atoms with E-state index in [1.54, 1.807) is 20.3 Å². The molecule has 0 radical (unpaired) electrons. The summed E-state index contributed by atoms with van der Waals surface area (Å²) < 4.78 is 11.4. The largest absolute Gasteiger partial charge is 0.497 e. The molecule has 100 valence electrons. The molecule has 0 fully saturated rings. The number of halogens is 1. The lowest BCUT2D eigenvalue weighted by molar-refractivity contribution is 0.395. The minimum Gasteiger partial charge on any atom is -0.497 e. The average molecular weight is 371 g/mol. The molecular formula is C13H14IN3O2. The van der Waals surface area contributed by atoms with Gasteiger partial charge in [0.25, 0.3) is 0 Å². The Balaban J connectivity index is 2.58. The third-order valence-corrected chi connectivity index (χ3v) is 4.03. The van der Waals surface area contributed by atoms with Gasteiger partial charge in [0.15, 0.2) is 5.82 Å². The van der Waals surface area contributed by atoms with Crippen LogP contribution in [0.15, 0.2) is 18.2 Å². The number of aryl methyl sites for hydroxylation is 1. The second-order valence-corrected chi connectivity index (χ2v) is 4.98. The number of nitrogens with zero attached hydrogens (tertiary/aromatic N) is 2.